The minimum atomic E-state index is 0.603. The molecule has 10 aromatic rings. The molecule has 0 bridgehead atoms. The monoisotopic (exact) mass is 652 g/mol. The molecule has 238 valence electrons. The molecular weight excluding hydrogens is 625 g/mol. The predicted molar refractivity (Wildman–Crippen MR) is 207 cm³/mol. The van der Waals surface area contributed by atoms with Crippen LogP contribution < -0.4 is 0 Å². The molecule has 0 N–H and O–H groups in total. The average molecular weight is 653 g/mol. The third-order valence-corrected chi connectivity index (χ3v) is 9.53. The molecule has 0 aliphatic rings. The molecule has 0 fully saturated rings. The van der Waals surface area contributed by atoms with Gasteiger partial charge in [-0.25, -0.2) is 19.9 Å². The summed E-state index contributed by atoms with van der Waals surface area (Å²) in [6.45, 7) is 0. The van der Waals surface area contributed by atoms with Crippen LogP contribution in [-0.2, 0) is 0 Å². The van der Waals surface area contributed by atoms with E-state index in [-0.39, 0.29) is 0 Å². The Kier molecular flexibility index (Phi) is 6.74. The van der Waals surface area contributed by atoms with Crippen molar-refractivity contribution in [1.29, 1.82) is 0 Å². The van der Waals surface area contributed by atoms with Gasteiger partial charge in [-0.15, -0.1) is 0 Å². The molecule has 5 nitrogen and oxygen atoms in total. The second-order valence-corrected chi connectivity index (χ2v) is 12.7. The van der Waals surface area contributed by atoms with Crippen LogP contribution in [0.1, 0.15) is 0 Å². The summed E-state index contributed by atoms with van der Waals surface area (Å²) in [4.78, 5) is 19.9. The van der Waals surface area contributed by atoms with Gasteiger partial charge in [0.25, 0.3) is 0 Å². The molecule has 0 saturated heterocycles. The van der Waals surface area contributed by atoms with E-state index in [0.29, 0.717) is 23.4 Å². The lowest BCUT2D eigenvalue weighted by molar-refractivity contribution is 0.623. The van der Waals surface area contributed by atoms with Crippen LogP contribution >= 0.6 is 0 Å². The van der Waals surface area contributed by atoms with Gasteiger partial charge in [0, 0.05) is 27.6 Å². The lowest BCUT2D eigenvalue weighted by atomic mass is 9.99. The van der Waals surface area contributed by atoms with E-state index in [9.17, 15) is 0 Å². The van der Waals surface area contributed by atoms with Crippen molar-refractivity contribution in [3.63, 3.8) is 0 Å². The number of rotatable bonds is 5. The summed E-state index contributed by atoms with van der Waals surface area (Å²) in [6, 6.07) is 58.4. The van der Waals surface area contributed by atoms with E-state index in [1.807, 2.05) is 66.7 Å². The van der Waals surface area contributed by atoms with Crippen LogP contribution in [0.4, 0.5) is 0 Å². The standard InChI is InChI=1S/C46H28N4O/c1-3-10-33(11-4-1)43-48-44(34-21-15-30(16-22-34)37-23-17-29-9-7-8-14-36(29)27-37)50-45(49-43)38-24-19-31-18-20-32-25-26-40-42(41(32)39(31)28-38)51-46(47-40)35-12-5-2-6-13-35/h1-28H. The Balaban J connectivity index is 1.11. The van der Waals surface area contributed by atoms with Gasteiger partial charge in [0.1, 0.15) is 5.52 Å². The summed E-state index contributed by atoms with van der Waals surface area (Å²) in [6.07, 6.45) is 0. The number of nitrogens with zero attached hydrogens (tertiary/aromatic N) is 4. The zero-order valence-corrected chi connectivity index (χ0v) is 27.4. The van der Waals surface area contributed by atoms with Gasteiger partial charge in [0.15, 0.2) is 23.1 Å². The highest BCUT2D eigenvalue weighted by molar-refractivity contribution is 6.18. The largest absolute Gasteiger partial charge is 0.435 e. The summed E-state index contributed by atoms with van der Waals surface area (Å²) in [5.41, 5.74) is 7.57. The maximum atomic E-state index is 6.49. The van der Waals surface area contributed by atoms with Crippen molar-refractivity contribution in [2.24, 2.45) is 0 Å². The lowest BCUT2D eigenvalue weighted by Gasteiger charge is -2.11. The molecule has 2 aromatic heterocycles. The number of hydrogen-bond acceptors (Lipinski definition) is 5. The highest BCUT2D eigenvalue weighted by atomic mass is 16.3. The first kappa shape index (κ1) is 29.0. The quantitative estimate of drug-likeness (QED) is 0.173. The Hall–Kier alpha value is -6.98. The fourth-order valence-corrected chi connectivity index (χ4v) is 6.90. The first-order valence-corrected chi connectivity index (χ1v) is 17.0. The minimum absolute atomic E-state index is 0.603. The van der Waals surface area contributed by atoms with Crippen molar-refractivity contribution in [3.05, 3.63) is 170 Å². The summed E-state index contributed by atoms with van der Waals surface area (Å²) in [5, 5.41) is 6.69. The van der Waals surface area contributed by atoms with Gasteiger partial charge in [-0.3, -0.25) is 0 Å². The molecule has 0 aliphatic heterocycles. The lowest BCUT2D eigenvalue weighted by Crippen LogP contribution is -2.00. The molecule has 0 aliphatic carbocycles. The van der Waals surface area contributed by atoms with Gasteiger partial charge in [0.2, 0.25) is 5.89 Å². The fourth-order valence-electron chi connectivity index (χ4n) is 6.90. The zero-order valence-electron chi connectivity index (χ0n) is 27.4. The topological polar surface area (TPSA) is 64.7 Å². The summed E-state index contributed by atoms with van der Waals surface area (Å²) < 4.78 is 6.49. The Morgan fingerprint density at radius 2 is 0.863 bits per heavy atom. The van der Waals surface area contributed by atoms with Crippen LogP contribution in [0.15, 0.2) is 174 Å². The van der Waals surface area contributed by atoms with Gasteiger partial charge >= 0.3 is 0 Å². The van der Waals surface area contributed by atoms with Crippen molar-refractivity contribution in [3.8, 4) is 56.7 Å². The Bertz CT molecular complexity index is 2900. The molecule has 51 heavy (non-hydrogen) atoms. The average Bonchev–Trinajstić information content (AvgIpc) is 3.66. The molecule has 0 radical (unpaired) electrons. The second-order valence-electron chi connectivity index (χ2n) is 12.7. The molecule has 0 saturated carbocycles. The van der Waals surface area contributed by atoms with Crippen LogP contribution in [0.2, 0.25) is 0 Å². The molecule has 10 rings (SSSR count). The van der Waals surface area contributed by atoms with Crippen LogP contribution in [0.5, 0.6) is 0 Å². The summed E-state index contributed by atoms with van der Waals surface area (Å²) >= 11 is 0. The third-order valence-electron chi connectivity index (χ3n) is 9.53. The number of aromatic nitrogens is 4. The van der Waals surface area contributed by atoms with Crippen molar-refractivity contribution < 1.29 is 4.42 Å². The van der Waals surface area contributed by atoms with Crippen LogP contribution in [0, 0.1) is 0 Å². The first-order valence-electron chi connectivity index (χ1n) is 17.0. The van der Waals surface area contributed by atoms with Crippen molar-refractivity contribution in [1.82, 2.24) is 19.9 Å². The highest BCUT2D eigenvalue weighted by Gasteiger charge is 2.17. The minimum Gasteiger partial charge on any atom is -0.435 e. The van der Waals surface area contributed by atoms with E-state index in [4.69, 9.17) is 24.4 Å². The molecule has 0 amide bonds. The van der Waals surface area contributed by atoms with Gasteiger partial charge in [-0.2, -0.15) is 0 Å². The predicted octanol–water partition coefficient (Wildman–Crippen LogP) is 11.8. The number of hydrogen-bond donors (Lipinski definition) is 0. The molecule has 8 aromatic carbocycles. The summed E-state index contributed by atoms with van der Waals surface area (Å²) in [7, 11) is 0. The molecule has 0 spiro atoms. The number of oxazole rings is 1. The van der Waals surface area contributed by atoms with Gasteiger partial charge in [-0.1, -0.05) is 140 Å². The maximum absolute atomic E-state index is 6.49. The molecule has 0 unspecified atom stereocenters. The Morgan fingerprint density at radius 1 is 0.333 bits per heavy atom. The van der Waals surface area contributed by atoms with Crippen molar-refractivity contribution in [2.75, 3.05) is 0 Å². The van der Waals surface area contributed by atoms with E-state index in [1.54, 1.807) is 0 Å². The smallest absolute Gasteiger partial charge is 0.227 e. The molecular formula is C46H28N4O. The number of fused-ring (bicyclic) bond motifs is 6. The van der Waals surface area contributed by atoms with Crippen molar-refractivity contribution >= 4 is 43.4 Å². The maximum Gasteiger partial charge on any atom is 0.227 e. The fraction of sp³-hybridized carbons (Fsp3) is 0. The number of benzene rings is 8. The van der Waals surface area contributed by atoms with E-state index in [0.717, 1.165) is 60.5 Å². The van der Waals surface area contributed by atoms with Gasteiger partial charge < -0.3 is 4.42 Å². The van der Waals surface area contributed by atoms with E-state index < -0.39 is 0 Å². The Labute approximate surface area is 293 Å². The van der Waals surface area contributed by atoms with Crippen LogP contribution in [-0.4, -0.2) is 19.9 Å². The zero-order chi connectivity index (χ0) is 33.7. The van der Waals surface area contributed by atoms with Gasteiger partial charge in [-0.05, 0) is 68.4 Å². The SMILES string of the molecule is c1ccc(-c2nc(-c3ccc(-c4ccc5ccccc5c4)cc3)nc(-c3ccc4ccc5ccc6nc(-c7ccccc7)oc6c5c4c3)n2)cc1. The first-order chi connectivity index (χ1) is 25.2. The molecule has 2 heterocycles. The van der Waals surface area contributed by atoms with E-state index in [2.05, 4.69) is 103 Å². The van der Waals surface area contributed by atoms with Crippen LogP contribution in [0.3, 0.4) is 0 Å². The van der Waals surface area contributed by atoms with E-state index in [1.165, 1.54) is 16.3 Å². The van der Waals surface area contributed by atoms with E-state index >= 15 is 0 Å². The second kappa shape index (κ2) is 11.9. The normalized spacial score (nSPS) is 11.5. The Morgan fingerprint density at radius 3 is 1.63 bits per heavy atom. The highest BCUT2D eigenvalue weighted by Crippen LogP contribution is 2.37. The van der Waals surface area contributed by atoms with Gasteiger partial charge in [0.05, 0.1) is 0 Å². The van der Waals surface area contributed by atoms with Crippen LogP contribution in [0.25, 0.3) is 100 Å². The third kappa shape index (κ3) is 5.20. The molecule has 5 heteroatoms. The molecule has 0 atom stereocenters. The summed E-state index contributed by atoms with van der Waals surface area (Å²) in [5.74, 6) is 2.45. The van der Waals surface area contributed by atoms with Crippen molar-refractivity contribution in [2.45, 2.75) is 0 Å².